The Morgan fingerprint density at radius 1 is 0.588 bits per heavy atom. The van der Waals surface area contributed by atoms with Crippen LogP contribution in [-0.2, 0) is 83.3 Å². The van der Waals surface area contributed by atoms with Gasteiger partial charge in [0.1, 0.15) is 0 Å². The third-order valence-corrected chi connectivity index (χ3v) is 24.3. The molecular weight excluding hydrogens is 898 g/mol. The van der Waals surface area contributed by atoms with Crippen molar-refractivity contribution in [3.05, 3.63) is 0 Å². The first kappa shape index (κ1) is 19.1. The van der Waals surface area contributed by atoms with E-state index in [-0.39, 0.29) is 0 Å². The van der Waals surface area contributed by atoms with Crippen LogP contribution in [0.4, 0.5) is 0 Å². The molecular formula is Bi2Mo3O12. The molecule has 0 atom stereocenters. The molecule has 0 saturated carbocycles. The summed E-state index contributed by atoms with van der Waals surface area (Å²) in [6.07, 6.45) is 0. The van der Waals surface area contributed by atoms with Crippen LogP contribution in [0.5, 0.6) is 0 Å². The van der Waals surface area contributed by atoms with E-state index in [2.05, 4.69) is 7.02 Å². The zero-order valence-corrected chi connectivity index (χ0v) is 20.0. The molecule has 0 aliphatic heterocycles. The molecule has 0 radical (unpaired) electrons. The molecule has 0 aromatic rings. The summed E-state index contributed by atoms with van der Waals surface area (Å²) in [6, 6.07) is 0. The van der Waals surface area contributed by atoms with Gasteiger partial charge >= 0.3 is 131 Å². The Balaban J connectivity index is 4.97. The van der Waals surface area contributed by atoms with E-state index < -0.39 is 97.6 Å². The van der Waals surface area contributed by atoms with Gasteiger partial charge in [-0.15, -0.1) is 0 Å². The summed E-state index contributed by atoms with van der Waals surface area (Å²) < 4.78 is 98.4. The molecule has 0 aliphatic rings. The second-order valence-electron chi connectivity index (χ2n) is 1.66. The summed E-state index contributed by atoms with van der Waals surface area (Å²) in [7, 11) is 0. The third-order valence-electron chi connectivity index (χ3n) is 0.577. The first-order chi connectivity index (χ1) is 7.54. The SMILES string of the molecule is [O]=[Bi][O][Mo](=[O])(=[O])[O][Mo](=[O])(=[O])[O][Mo](=[O])(=[O])[O][Bi]=[O]. The Kier molecular flexibility index (Phi) is 8.69. The van der Waals surface area contributed by atoms with E-state index in [1.165, 1.54) is 0 Å². The fourth-order valence-electron chi connectivity index (χ4n) is 0.315. The van der Waals surface area contributed by atoms with E-state index in [9.17, 15) is 26.0 Å². The maximum absolute atomic E-state index is 10.8. The van der Waals surface area contributed by atoms with Crippen molar-refractivity contribution in [1.82, 2.24) is 0 Å². The molecule has 0 heterocycles. The molecule has 0 spiro atoms. The molecule has 0 aromatic heterocycles. The van der Waals surface area contributed by atoms with Gasteiger partial charge in [-0.05, 0) is 0 Å². The average Bonchev–Trinajstić information content (AvgIpc) is 1.96. The van der Waals surface area contributed by atoms with Crippen molar-refractivity contribution in [3.63, 3.8) is 0 Å². The van der Waals surface area contributed by atoms with Crippen LogP contribution < -0.4 is 0 Å². The zero-order valence-electron chi connectivity index (χ0n) is 7.02. The molecule has 17 heteroatoms. The van der Waals surface area contributed by atoms with Crippen LogP contribution >= 0.6 is 0 Å². The summed E-state index contributed by atoms with van der Waals surface area (Å²) in [4.78, 5) is 0. The van der Waals surface area contributed by atoms with Crippen molar-refractivity contribution in [2.45, 2.75) is 0 Å². The molecule has 0 aromatic carbocycles. The predicted octanol–water partition coefficient (Wildman–Crippen LogP) is -1.99. The van der Waals surface area contributed by atoms with Crippen molar-refractivity contribution in [3.8, 4) is 0 Å². The summed E-state index contributed by atoms with van der Waals surface area (Å²) in [5.74, 6) is 0. The number of hydrogen-bond acceptors (Lipinski definition) is 12. The topological polar surface area (TPSA) is 173 Å². The van der Waals surface area contributed by atoms with Gasteiger partial charge in [0.05, 0.1) is 0 Å². The minimum atomic E-state index is -6.66. The van der Waals surface area contributed by atoms with E-state index in [4.69, 9.17) is 0 Å². The van der Waals surface area contributed by atoms with E-state index in [1.54, 1.807) is 0 Å². The van der Waals surface area contributed by atoms with Crippen molar-refractivity contribution in [2.24, 2.45) is 0 Å². The average molecular weight is 898 g/mol. The van der Waals surface area contributed by atoms with Gasteiger partial charge in [0.15, 0.2) is 0 Å². The van der Waals surface area contributed by atoms with Crippen molar-refractivity contribution < 1.29 is 83.3 Å². The summed E-state index contributed by atoms with van der Waals surface area (Å²) in [6.45, 7) is 0. The van der Waals surface area contributed by atoms with Gasteiger partial charge in [0, 0.05) is 0 Å². The standard InChI is InChI=1S/2Bi.3Mo.12O. The zero-order chi connectivity index (χ0) is 13.7. The van der Waals surface area contributed by atoms with E-state index in [0.29, 0.717) is 0 Å². The Hall–Kier alpha value is 2.07. The van der Waals surface area contributed by atoms with Gasteiger partial charge < -0.3 is 0 Å². The molecule has 17 heavy (non-hydrogen) atoms. The molecule has 100 valence electrons. The maximum atomic E-state index is 10.8. The molecule has 0 unspecified atom stereocenters. The molecule has 12 nitrogen and oxygen atoms in total. The van der Waals surface area contributed by atoms with Gasteiger partial charge in [-0.2, -0.15) is 0 Å². The third kappa shape index (κ3) is 9.58. The predicted molar refractivity (Wildman–Crippen MR) is 21.3 cm³/mol. The number of hydrogen-bond donors (Lipinski definition) is 0. The molecule has 0 saturated heterocycles. The molecule has 0 bridgehead atoms. The van der Waals surface area contributed by atoms with Crippen LogP contribution in [0.25, 0.3) is 0 Å². The van der Waals surface area contributed by atoms with Crippen LogP contribution in [0.2, 0.25) is 0 Å². The molecule has 0 rings (SSSR count). The van der Waals surface area contributed by atoms with Crippen LogP contribution in [0.15, 0.2) is 0 Å². The van der Waals surface area contributed by atoms with E-state index in [1.807, 2.05) is 0 Å². The van der Waals surface area contributed by atoms with Crippen LogP contribution in [0, 0.1) is 0 Å². The summed E-state index contributed by atoms with van der Waals surface area (Å²) in [5.41, 5.74) is 0. The summed E-state index contributed by atoms with van der Waals surface area (Å²) >= 11 is -25.3. The monoisotopic (exact) mass is 904 g/mol. The second-order valence-corrected chi connectivity index (χ2v) is 21.1. The van der Waals surface area contributed by atoms with E-state index in [0.717, 1.165) is 0 Å². The molecule has 0 fully saturated rings. The fourth-order valence-corrected chi connectivity index (χ4v) is 21.0. The van der Waals surface area contributed by atoms with Crippen molar-refractivity contribution in [1.29, 1.82) is 0 Å². The van der Waals surface area contributed by atoms with Crippen LogP contribution in [0.1, 0.15) is 0 Å². The van der Waals surface area contributed by atoms with Crippen molar-refractivity contribution in [2.75, 3.05) is 0 Å². The van der Waals surface area contributed by atoms with Gasteiger partial charge in [-0.25, -0.2) is 0 Å². The Morgan fingerprint density at radius 2 is 0.882 bits per heavy atom. The first-order valence-electron chi connectivity index (χ1n) is 2.73. The second kappa shape index (κ2) is 7.75. The van der Waals surface area contributed by atoms with Crippen LogP contribution in [-0.4, -0.2) is 47.4 Å². The Morgan fingerprint density at radius 3 is 1.12 bits per heavy atom. The molecule has 0 aliphatic carbocycles. The fraction of sp³-hybridized carbons (Fsp3) is 0. The van der Waals surface area contributed by atoms with Gasteiger partial charge in [-0.3, -0.25) is 0 Å². The van der Waals surface area contributed by atoms with Crippen molar-refractivity contribution >= 4 is 47.4 Å². The van der Waals surface area contributed by atoms with Gasteiger partial charge in [0.2, 0.25) is 0 Å². The number of rotatable bonds is 8. The Bertz CT molecular complexity index is 526. The summed E-state index contributed by atoms with van der Waals surface area (Å²) in [5, 5.41) is 0. The minimum absolute atomic E-state index is 3.08. The first-order valence-corrected chi connectivity index (χ1v) is 18.2. The quantitative estimate of drug-likeness (QED) is 0.246. The van der Waals surface area contributed by atoms with Crippen LogP contribution in [0.3, 0.4) is 0 Å². The molecule has 0 N–H and O–H groups in total. The normalized spacial score (nSPS) is 13.2. The molecule has 0 amide bonds. The van der Waals surface area contributed by atoms with Gasteiger partial charge in [-0.1, -0.05) is 0 Å². The van der Waals surface area contributed by atoms with E-state index >= 15 is 0 Å². The Labute approximate surface area is 128 Å². The van der Waals surface area contributed by atoms with Gasteiger partial charge in [0.25, 0.3) is 0 Å².